The molecular weight excluding hydrogens is 290 g/mol. The number of aromatic nitrogens is 1. The number of rotatable bonds is 1. The zero-order valence-corrected chi connectivity index (χ0v) is 14.5. The van der Waals surface area contributed by atoms with Gasteiger partial charge in [-0.1, -0.05) is 18.2 Å². The molecule has 2 bridgehead atoms. The van der Waals surface area contributed by atoms with Crippen molar-refractivity contribution in [2.24, 2.45) is 7.05 Å². The third-order valence-corrected chi connectivity index (χ3v) is 6.40. The van der Waals surface area contributed by atoms with Crippen LogP contribution in [0.3, 0.4) is 0 Å². The van der Waals surface area contributed by atoms with Crippen LogP contribution in [0.25, 0.3) is 22.2 Å². The molecule has 0 unspecified atom stereocenters. The molecule has 0 aliphatic heterocycles. The molecule has 0 amide bonds. The van der Waals surface area contributed by atoms with E-state index in [0.29, 0.717) is 0 Å². The van der Waals surface area contributed by atoms with Gasteiger partial charge in [0.25, 0.3) is 0 Å². The Kier molecular flexibility index (Phi) is 3.06. The summed E-state index contributed by atoms with van der Waals surface area (Å²) in [6.07, 6.45) is 5.59. The van der Waals surface area contributed by atoms with Crippen molar-refractivity contribution in [1.29, 1.82) is 0 Å². The van der Waals surface area contributed by atoms with Crippen molar-refractivity contribution in [1.82, 2.24) is 0 Å². The highest BCUT2D eigenvalue weighted by molar-refractivity contribution is 5.80. The predicted octanol–water partition coefficient (Wildman–Crippen LogP) is 5.39. The van der Waals surface area contributed by atoms with Crippen LogP contribution in [0.5, 0.6) is 0 Å². The topological polar surface area (TPSA) is 3.88 Å². The van der Waals surface area contributed by atoms with E-state index < -0.39 is 0 Å². The smallest absolute Gasteiger partial charge is 0.194 e. The Bertz CT molecular complexity index is 946. The Balaban J connectivity index is 1.75. The Morgan fingerprint density at radius 3 is 2.21 bits per heavy atom. The molecule has 0 saturated heterocycles. The number of aryl methyl sites for hydroxylation is 2. The fourth-order valence-corrected chi connectivity index (χ4v) is 5.03. The fourth-order valence-electron chi connectivity index (χ4n) is 5.03. The third kappa shape index (κ3) is 1.97. The van der Waals surface area contributed by atoms with Gasteiger partial charge in [-0.25, -0.2) is 0 Å². The number of hydrogen-bond acceptors (Lipinski definition) is 0. The largest absolute Gasteiger partial charge is 0.213 e. The lowest BCUT2D eigenvalue weighted by Gasteiger charge is -2.38. The number of benzene rings is 2. The molecule has 1 fully saturated rings. The van der Waals surface area contributed by atoms with Crippen molar-refractivity contribution < 1.29 is 4.57 Å². The van der Waals surface area contributed by atoms with E-state index in [1.165, 1.54) is 53.4 Å². The summed E-state index contributed by atoms with van der Waals surface area (Å²) in [6, 6.07) is 18.3. The van der Waals surface area contributed by atoms with E-state index in [1.807, 2.05) is 0 Å². The molecule has 1 saturated carbocycles. The molecule has 0 atom stereocenters. The Morgan fingerprint density at radius 2 is 1.50 bits per heavy atom. The van der Waals surface area contributed by atoms with Gasteiger partial charge in [-0.3, -0.25) is 0 Å². The maximum atomic E-state index is 2.50. The van der Waals surface area contributed by atoms with E-state index in [-0.39, 0.29) is 0 Å². The molecule has 6 rings (SSSR count). The summed E-state index contributed by atoms with van der Waals surface area (Å²) in [5.74, 6) is 1.62. The summed E-state index contributed by atoms with van der Waals surface area (Å²) in [7, 11) is 2.22. The normalized spacial score (nSPS) is 21.9. The molecule has 1 aromatic heterocycles. The highest BCUT2D eigenvalue weighted by atomic mass is 14.9. The molecule has 0 radical (unpaired) electrons. The molecule has 3 aromatic rings. The molecule has 24 heavy (non-hydrogen) atoms. The van der Waals surface area contributed by atoms with Crippen molar-refractivity contribution in [2.75, 3.05) is 0 Å². The first kappa shape index (κ1) is 14.2. The van der Waals surface area contributed by atoms with Crippen LogP contribution in [-0.2, 0) is 7.05 Å². The summed E-state index contributed by atoms with van der Waals surface area (Å²) in [5.41, 5.74) is 8.64. The zero-order valence-electron chi connectivity index (χ0n) is 14.5. The van der Waals surface area contributed by atoms with Gasteiger partial charge in [-0.05, 0) is 79.3 Å². The van der Waals surface area contributed by atoms with Crippen LogP contribution in [0.15, 0.2) is 48.5 Å². The Morgan fingerprint density at radius 1 is 0.833 bits per heavy atom. The van der Waals surface area contributed by atoms with E-state index in [0.717, 1.165) is 11.8 Å². The highest BCUT2D eigenvalue weighted by Crippen LogP contribution is 2.50. The predicted molar refractivity (Wildman–Crippen MR) is 99.2 cm³/mol. The average molecular weight is 314 g/mol. The lowest BCUT2D eigenvalue weighted by atomic mass is 9.67. The molecule has 0 N–H and O–H groups in total. The van der Waals surface area contributed by atoms with E-state index in [4.69, 9.17) is 0 Å². The molecule has 1 nitrogen and oxygen atoms in total. The molecule has 1 heteroatoms. The molecular formula is C23H24N+. The summed E-state index contributed by atoms with van der Waals surface area (Å²) in [6.45, 7) is 2.20. The van der Waals surface area contributed by atoms with Gasteiger partial charge >= 0.3 is 0 Å². The van der Waals surface area contributed by atoms with Crippen molar-refractivity contribution >= 4 is 10.9 Å². The molecule has 0 spiro atoms. The summed E-state index contributed by atoms with van der Waals surface area (Å²) >= 11 is 0. The van der Waals surface area contributed by atoms with Crippen molar-refractivity contribution in [3.05, 3.63) is 65.2 Å². The lowest BCUT2D eigenvalue weighted by molar-refractivity contribution is -0.633. The molecule has 2 aromatic carbocycles. The van der Waals surface area contributed by atoms with Gasteiger partial charge < -0.3 is 0 Å². The minimum Gasteiger partial charge on any atom is -0.194 e. The maximum Gasteiger partial charge on any atom is 0.213 e. The monoisotopic (exact) mass is 314 g/mol. The van der Waals surface area contributed by atoms with Crippen LogP contribution in [0, 0.1) is 6.92 Å². The Labute approximate surface area is 144 Å². The maximum absolute atomic E-state index is 2.50. The third-order valence-electron chi connectivity index (χ3n) is 6.40. The van der Waals surface area contributed by atoms with E-state index in [2.05, 4.69) is 67.1 Å². The molecule has 1 heterocycles. The first-order chi connectivity index (χ1) is 11.7. The van der Waals surface area contributed by atoms with Gasteiger partial charge in [-0.2, -0.15) is 4.57 Å². The van der Waals surface area contributed by atoms with Crippen molar-refractivity contribution in [2.45, 2.75) is 44.4 Å². The minimum absolute atomic E-state index is 0.802. The number of hydrogen-bond donors (Lipinski definition) is 0. The molecule has 3 aliphatic carbocycles. The van der Waals surface area contributed by atoms with Crippen LogP contribution in [-0.4, -0.2) is 0 Å². The van der Waals surface area contributed by atoms with Crippen LogP contribution in [0.4, 0.5) is 0 Å². The summed E-state index contributed by atoms with van der Waals surface area (Å²) in [4.78, 5) is 0. The fraction of sp³-hybridized carbons (Fsp3) is 0.348. The van der Waals surface area contributed by atoms with E-state index in [1.54, 1.807) is 11.1 Å². The minimum atomic E-state index is 0.802. The second-order valence-corrected chi connectivity index (χ2v) is 7.68. The van der Waals surface area contributed by atoms with Crippen LogP contribution >= 0.6 is 0 Å². The number of pyridine rings is 1. The SMILES string of the molecule is Cc1ccccc1-c1ccc2cc3c(cc2[n+]1C)C1CCC3CC1. The van der Waals surface area contributed by atoms with Crippen LogP contribution in [0.2, 0.25) is 0 Å². The number of fused-ring (bicyclic) bond motifs is 3. The average Bonchev–Trinajstić information content (AvgIpc) is 2.63. The molecule has 3 aliphatic rings. The van der Waals surface area contributed by atoms with Crippen molar-refractivity contribution in [3.63, 3.8) is 0 Å². The summed E-state index contributed by atoms with van der Waals surface area (Å²) in [5, 5.41) is 1.39. The van der Waals surface area contributed by atoms with Crippen LogP contribution < -0.4 is 4.57 Å². The zero-order chi connectivity index (χ0) is 16.3. The Hall–Kier alpha value is -2.15. The van der Waals surface area contributed by atoms with Gasteiger partial charge in [0, 0.05) is 23.1 Å². The van der Waals surface area contributed by atoms with Gasteiger partial charge in [0.1, 0.15) is 7.05 Å². The van der Waals surface area contributed by atoms with Crippen molar-refractivity contribution in [3.8, 4) is 11.3 Å². The van der Waals surface area contributed by atoms with Crippen LogP contribution in [0.1, 0.15) is 54.2 Å². The van der Waals surface area contributed by atoms with Gasteiger partial charge in [0.05, 0.1) is 0 Å². The second-order valence-electron chi connectivity index (χ2n) is 7.68. The lowest BCUT2D eigenvalue weighted by Crippen LogP contribution is -2.33. The first-order valence-electron chi connectivity index (χ1n) is 9.25. The standard InChI is InChI=1S/C23H24N/c1-15-5-3-4-6-19(15)22-12-11-18-13-20-16-7-9-17(10-8-16)21(20)14-23(18)24(22)2/h3-6,11-14,16-17H,7-10H2,1-2H3/q+1. The highest BCUT2D eigenvalue weighted by Gasteiger charge is 2.34. The van der Waals surface area contributed by atoms with Gasteiger partial charge in [-0.15, -0.1) is 0 Å². The second kappa shape index (κ2) is 5.17. The molecule has 120 valence electrons. The number of nitrogens with zero attached hydrogens (tertiary/aromatic N) is 1. The quantitative estimate of drug-likeness (QED) is 0.530. The first-order valence-corrected chi connectivity index (χ1v) is 9.25. The van der Waals surface area contributed by atoms with E-state index >= 15 is 0 Å². The van der Waals surface area contributed by atoms with Gasteiger partial charge in [0.2, 0.25) is 11.2 Å². The van der Waals surface area contributed by atoms with E-state index in [9.17, 15) is 0 Å². The van der Waals surface area contributed by atoms with Gasteiger partial charge in [0.15, 0.2) is 0 Å². The summed E-state index contributed by atoms with van der Waals surface area (Å²) < 4.78 is 2.39.